The number of methoxy groups -OCH3 is 1. The molecule has 8 nitrogen and oxygen atoms in total. The summed E-state index contributed by atoms with van der Waals surface area (Å²) in [5.41, 5.74) is 1.45. The standard InChI is InChI=1S/C23H19F2N3O5/c1-30-16-7-4-14(5-8-16)17-13-15(6-9-18(17)32-23(24)25)26-20(29)10-11-21-27-22(28-33-21)19-3-2-12-31-19/h2-9,12-13,23H,10-11H2,1H3,(H,26,29). The van der Waals surface area contributed by atoms with Crippen molar-refractivity contribution in [3.63, 3.8) is 0 Å². The van der Waals surface area contributed by atoms with Gasteiger partial charge in [0.1, 0.15) is 11.5 Å². The van der Waals surface area contributed by atoms with Crippen molar-refractivity contribution >= 4 is 11.6 Å². The SMILES string of the molecule is COc1ccc(-c2cc(NC(=O)CCc3nc(-c4ccco4)no3)ccc2OC(F)F)cc1. The lowest BCUT2D eigenvalue weighted by atomic mass is 10.0. The third kappa shape index (κ3) is 5.53. The minimum absolute atomic E-state index is 0.00974. The number of aromatic nitrogens is 2. The van der Waals surface area contributed by atoms with Crippen LogP contribution < -0.4 is 14.8 Å². The Bertz CT molecular complexity index is 1210. The zero-order valence-electron chi connectivity index (χ0n) is 17.5. The first-order chi connectivity index (χ1) is 16.0. The quantitative estimate of drug-likeness (QED) is 0.371. The van der Waals surface area contributed by atoms with E-state index in [0.717, 1.165) is 0 Å². The minimum Gasteiger partial charge on any atom is -0.497 e. The highest BCUT2D eigenvalue weighted by Gasteiger charge is 2.15. The number of anilines is 1. The number of carbonyl (C=O) groups is 1. The Morgan fingerprint density at radius 3 is 2.67 bits per heavy atom. The molecule has 10 heteroatoms. The second kappa shape index (κ2) is 9.94. The van der Waals surface area contributed by atoms with Gasteiger partial charge in [0, 0.05) is 24.1 Å². The first-order valence-electron chi connectivity index (χ1n) is 9.91. The van der Waals surface area contributed by atoms with Crippen molar-refractivity contribution in [2.75, 3.05) is 12.4 Å². The lowest BCUT2D eigenvalue weighted by Crippen LogP contribution is -2.12. The molecular formula is C23H19F2N3O5. The molecule has 1 amide bonds. The second-order valence-corrected chi connectivity index (χ2v) is 6.86. The molecule has 0 aliphatic carbocycles. The maximum absolute atomic E-state index is 12.9. The predicted octanol–water partition coefficient (Wildman–Crippen LogP) is 5.18. The number of hydrogen-bond donors (Lipinski definition) is 1. The summed E-state index contributed by atoms with van der Waals surface area (Å²) in [6.45, 7) is -2.98. The third-order valence-corrected chi connectivity index (χ3v) is 4.66. The molecule has 0 spiro atoms. The Balaban J connectivity index is 1.45. The van der Waals surface area contributed by atoms with Crippen LogP contribution in [0.25, 0.3) is 22.7 Å². The molecular weight excluding hydrogens is 436 g/mol. The van der Waals surface area contributed by atoms with Gasteiger partial charge in [-0.3, -0.25) is 4.79 Å². The zero-order valence-corrected chi connectivity index (χ0v) is 17.5. The van der Waals surface area contributed by atoms with Gasteiger partial charge in [-0.1, -0.05) is 17.3 Å². The number of hydrogen-bond acceptors (Lipinski definition) is 7. The molecule has 2 aromatic carbocycles. The van der Waals surface area contributed by atoms with Crippen LogP contribution in [0.5, 0.6) is 11.5 Å². The van der Waals surface area contributed by atoms with Crippen molar-refractivity contribution in [3.05, 3.63) is 66.8 Å². The average Bonchev–Trinajstić information content (AvgIpc) is 3.50. The summed E-state index contributed by atoms with van der Waals surface area (Å²) in [5, 5.41) is 6.56. The van der Waals surface area contributed by atoms with E-state index in [1.807, 2.05) is 0 Å². The van der Waals surface area contributed by atoms with Crippen LogP contribution in [0.4, 0.5) is 14.5 Å². The van der Waals surface area contributed by atoms with Gasteiger partial charge in [0.05, 0.1) is 13.4 Å². The molecule has 0 atom stereocenters. The number of amides is 1. The van der Waals surface area contributed by atoms with Gasteiger partial charge in [0.25, 0.3) is 0 Å². The zero-order chi connectivity index (χ0) is 23.2. The molecule has 0 saturated heterocycles. The summed E-state index contributed by atoms with van der Waals surface area (Å²) in [6, 6.07) is 14.7. The molecule has 0 fully saturated rings. The van der Waals surface area contributed by atoms with E-state index in [2.05, 4.69) is 20.2 Å². The third-order valence-electron chi connectivity index (χ3n) is 4.66. The molecule has 2 heterocycles. The molecule has 2 aromatic heterocycles. The van der Waals surface area contributed by atoms with Gasteiger partial charge in [0.2, 0.25) is 17.6 Å². The van der Waals surface area contributed by atoms with Gasteiger partial charge >= 0.3 is 6.61 Å². The van der Waals surface area contributed by atoms with E-state index in [1.54, 1.807) is 42.5 Å². The van der Waals surface area contributed by atoms with Gasteiger partial charge in [-0.05, 0) is 48.0 Å². The molecule has 0 aliphatic heterocycles. The highest BCUT2D eigenvalue weighted by molar-refractivity contribution is 5.92. The molecule has 0 saturated carbocycles. The van der Waals surface area contributed by atoms with Crippen LogP contribution in [0.3, 0.4) is 0 Å². The molecule has 0 bridgehead atoms. The molecule has 0 radical (unpaired) electrons. The van der Waals surface area contributed by atoms with Crippen molar-refractivity contribution in [1.82, 2.24) is 10.1 Å². The van der Waals surface area contributed by atoms with Crippen LogP contribution in [0.2, 0.25) is 0 Å². The van der Waals surface area contributed by atoms with Crippen LogP contribution >= 0.6 is 0 Å². The number of aryl methyl sites for hydroxylation is 1. The van der Waals surface area contributed by atoms with Crippen molar-refractivity contribution in [3.8, 4) is 34.2 Å². The van der Waals surface area contributed by atoms with Crippen LogP contribution in [0, 0.1) is 0 Å². The maximum Gasteiger partial charge on any atom is 0.387 e. The smallest absolute Gasteiger partial charge is 0.387 e. The van der Waals surface area contributed by atoms with Crippen molar-refractivity contribution in [2.45, 2.75) is 19.5 Å². The van der Waals surface area contributed by atoms with Crippen molar-refractivity contribution in [2.24, 2.45) is 0 Å². The lowest BCUT2D eigenvalue weighted by molar-refractivity contribution is -0.116. The fourth-order valence-corrected chi connectivity index (χ4v) is 3.11. The number of nitrogens with zero attached hydrogens (tertiary/aromatic N) is 2. The molecule has 4 rings (SSSR count). The van der Waals surface area contributed by atoms with Crippen LogP contribution in [-0.4, -0.2) is 29.8 Å². The summed E-state index contributed by atoms with van der Waals surface area (Å²) in [4.78, 5) is 16.6. The van der Waals surface area contributed by atoms with E-state index < -0.39 is 6.61 Å². The first kappa shape index (κ1) is 22.0. The number of nitrogens with one attached hydrogen (secondary N) is 1. The van der Waals surface area contributed by atoms with E-state index >= 15 is 0 Å². The van der Waals surface area contributed by atoms with E-state index in [0.29, 0.717) is 34.1 Å². The van der Waals surface area contributed by atoms with Crippen molar-refractivity contribution in [1.29, 1.82) is 0 Å². The Morgan fingerprint density at radius 1 is 1.15 bits per heavy atom. The van der Waals surface area contributed by atoms with Gasteiger partial charge in [0.15, 0.2) is 5.76 Å². The second-order valence-electron chi connectivity index (χ2n) is 6.86. The minimum atomic E-state index is -2.98. The van der Waals surface area contributed by atoms with E-state index in [-0.39, 0.29) is 30.4 Å². The van der Waals surface area contributed by atoms with E-state index in [4.69, 9.17) is 13.7 Å². The van der Waals surface area contributed by atoms with E-state index in [1.165, 1.54) is 25.5 Å². The Kier molecular flexibility index (Phi) is 6.63. The molecule has 1 N–H and O–H groups in total. The van der Waals surface area contributed by atoms with Crippen LogP contribution in [0.1, 0.15) is 12.3 Å². The van der Waals surface area contributed by atoms with Crippen LogP contribution in [-0.2, 0) is 11.2 Å². The van der Waals surface area contributed by atoms with E-state index in [9.17, 15) is 13.6 Å². The number of carbonyl (C=O) groups excluding carboxylic acids is 1. The highest BCUT2D eigenvalue weighted by atomic mass is 19.3. The number of ether oxygens (including phenoxy) is 2. The van der Waals surface area contributed by atoms with Crippen LogP contribution in [0.15, 0.2) is 69.8 Å². The van der Waals surface area contributed by atoms with Gasteiger partial charge in [-0.15, -0.1) is 0 Å². The molecule has 0 unspecified atom stereocenters. The normalized spacial score (nSPS) is 10.9. The average molecular weight is 455 g/mol. The number of alkyl halides is 2. The fraction of sp³-hybridized carbons (Fsp3) is 0.174. The highest BCUT2D eigenvalue weighted by Crippen LogP contribution is 2.34. The van der Waals surface area contributed by atoms with Gasteiger partial charge in [-0.25, -0.2) is 0 Å². The summed E-state index contributed by atoms with van der Waals surface area (Å²) >= 11 is 0. The summed E-state index contributed by atoms with van der Waals surface area (Å²) < 4.78 is 45.8. The summed E-state index contributed by atoms with van der Waals surface area (Å²) in [5.74, 6) is 1.35. The number of furan rings is 1. The largest absolute Gasteiger partial charge is 0.497 e. The monoisotopic (exact) mass is 455 g/mol. The molecule has 33 heavy (non-hydrogen) atoms. The maximum atomic E-state index is 12.9. The Morgan fingerprint density at radius 2 is 1.97 bits per heavy atom. The molecule has 4 aromatic rings. The number of halogens is 2. The predicted molar refractivity (Wildman–Crippen MR) is 114 cm³/mol. The van der Waals surface area contributed by atoms with Crippen molar-refractivity contribution < 1.29 is 32.0 Å². The molecule has 0 aliphatic rings. The number of benzene rings is 2. The summed E-state index contributed by atoms with van der Waals surface area (Å²) in [6.07, 6.45) is 1.79. The summed E-state index contributed by atoms with van der Waals surface area (Å²) in [7, 11) is 1.53. The number of rotatable bonds is 9. The fourth-order valence-electron chi connectivity index (χ4n) is 3.11. The Labute approximate surface area is 187 Å². The first-order valence-corrected chi connectivity index (χ1v) is 9.91. The molecule has 170 valence electrons. The lowest BCUT2D eigenvalue weighted by Gasteiger charge is -2.14. The topological polar surface area (TPSA) is 99.6 Å². The van der Waals surface area contributed by atoms with Gasteiger partial charge < -0.3 is 23.7 Å². The Hall–Kier alpha value is -4.21. The van der Waals surface area contributed by atoms with Gasteiger partial charge in [-0.2, -0.15) is 13.8 Å².